The summed E-state index contributed by atoms with van der Waals surface area (Å²) < 4.78 is 0. The molecule has 0 bridgehead atoms. The number of pyridine rings is 1. The van der Waals surface area contributed by atoms with Crippen molar-refractivity contribution >= 4 is 28.9 Å². The molecule has 0 aromatic carbocycles. The number of carbonyl (C=O) groups is 1. The van der Waals surface area contributed by atoms with Crippen LogP contribution in [0.1, 0.15) is 16.6 Å². The van der Waals surface area contributed by atoms with E-state index >= 15 is 0 Å². The highest BCUT2D eigenvalue weighted by Crippen LogP contribution is 2.28. The molecule has 0 atom stereocenters. The zero-order valence-electron chi connectivity index (χ0n) is 9.06. The molecule has 0 aliphatic carbocycles. The Hall–Kier alpha value is -1.13. The van der Waals surface area contributed by atoms with Crippen LogP contribution in [0.2, 0.25) is 0 Å². The highest BCUT2D eigenvalue weighted by atomic mass is 32.2. The number of hydrogen-bond acceptors (Lipinski definition) is 4. The third-order valence-electron chi connectivity index (χ3n) is 2.14. The Morgan fingerprint density at radius 3 is 2.75 bits per heavy atom. The number of thiophene rings is 1. The van der Waals surface area contributed by atoms with Gasteiger partial charge in [-0.3, -0.25) is 4.79 Å². The third-order valence-corrected chi connectivity index (χ3v) is 3.99. The minimum absolute atomic E-state index is 0.109. The molecule has 0 amide bonds. The van der Waals surface area contributed by atoms with Crippen LogP contribution in [0.3, 0.4) is 0 Å². The van der Waals surface area contributed by atoms with Gasteiger partial charge in [-0.1, -0.05) is 6.07 Å². The lowest BCUT2D eigenvalue weighted by molar-refractivity contribution is 0.102. The quantitative estimate of drug-likeness (QED) is 0.613. The van der Waals surface area contributed by atoms with E-state index in [4.69, 9.17) is 0 Å². The lowest BCUT2D eigenvalue weighted by Crippen LogP contribution is -1.84. The number of carbonyl (C=O) groups excluding carboxylic acids is 1. The first-order valence-corrected chi connectivity index (χ1v) is 6.87. The summed E-state index contributed by atoms with van der Waals surface area (Å²) >= 11 is 3.11. The minimum Gasteiger partial charge on any atom is -0.294 e. The van der Waals surface area contributed by atoms with E-state index in [9.17, 15) is 4.79 Å². The predicted molar refractivity (Wildman–Crippen MR) is 69.3 cm³/mol. The first-order valence-electron chi connectivity index (χ1n) is 4.83. The Morgan fingerprint density at radius 1 is 1.31 bits per heavy atom. The zero-order chi connectivity index (χ0) is 11.5. The Kier molecular flexibility index (Phi) is 3.41. The van der Waals surface area contributed by atoms with Crippen LogP contribution in [-0.2, 0) is 0 Å². The van der Waals surface area contributed by atoms with Crippen molar-refractivity contribution in [2.75, 3.05) is 6.26 Å². The van der Waals surface area contributed by atoms with Crippen LogP contribution >= 0.6 is 23.1 Å². The number of hydrogen-bond donors (Lipinski definition) is 0. The summed E-state index contributed by atoms with van der Waals surface area (Å²) in [6.45, 7) is 1.58. The SMILES string of the molecule is CSc1cccc(-c2ccc(C(C)=O)s2)n1. The molecule has 0 radical (unpaired) electrons. The summed E-state index contributed by atoms with van der Waals surface area (Å²) in [6.07, 6.45) is 2.00. The molecule has 0 aliphatic rings. The predicted octanol–water partition coefficient (Wildman–Crippen LogP) is 3.73. The molecule has 16 heavy (non-hydrogen) atoms. The average Bonchev–Trinajstić information content (AvgIpc) is 2.78. The Balaban J connectivity index is 2.38. The highest BCUT2D eigenvalue weighted by molar-refractivity contribution is 7.98. The smallest absolute Gasteiger partial charge is 0.169 e. The van der Waals surface area contributed by atoms with Crippen molar-refractivity contribution in [1.82, 2.24) is 4.98 Å². The molecular weight excluding hydrogens is 238 g/mol. The Morgan fingerprint density at radius 2 is 2.12 bits per heavy atom. The van der Waals surface area contributed by atoms with Crippen molar-refractivity contribution in [2.45, 2.75) is 11.9 Å². The maximum absolute atomic E-state index is 11.2. The highest BCUT2D eigenvalue weighted by Gasteiger charge is 2.07. The van der Waals surface area contributed by atoms with Gasteiger partial charge in [-0.2, -0.15) is 0 Å². The van der Waals surface area contributed by atoms with Gasteiger partial charge in [0.05, 0.1) is 20.5 Å². The lowest BCUT2D eigenvalue weighted by Gasteiger charge is -1.99. The molecule has 0 spiro atoms. The summed E-state index contributed by atoms with van der Waals surface area (Å²) in [5.74, 6) is 0.109. The molecule has 0 fully saturated rings. The molecule has 2 rings (SSSR count). The van der Waals surface area contributed by atoms with Gasteiger partial charge in [-0.15, -0.1) is 23.1 Å². The van der Waals surface area contributed by atoms with Crippen LogP contribution in [-0.4, -0.2) is 17.0 Å². The summed E-state index contributed by atoms with van der Waals surface area (Å²) in [4.78, 5) is 17.5. The van der Waals surface area contributed by atoms with Crippen LogP contribution in [0.5, 0.6) is 0 Å². The van der Waals surface area contributed by atoms with Crippen LogP contribution in [0, 0.1) is 0 Å². The number of nitrogens with zero attached hydrogens (tertiary/aromatic N) is 1. The molecule has 82 valence electrons. The third kappa shape index (κ3) is 2.33. The van der Waals surface area contributed by atoms with Gasteiger partial charge >= 0.3 is 0 Å². The van der Waals surface area contributed by atoms with E-state index in [-0.39, 0.29) is 5.78 Å². The second-order valence-corrected chi connectivity index (χ2v) is 5.20. The van der Waals surface area contributed by atoms with Gasteiger partial charge in [0.15, 0.2) is 5.78 Å². The number of thioether (sulfide) groups is 1. The average molecular weight is 249 g/mol. The molecule has 2 aromatic heterocycles. The lowest BCUT2D eigenvalue weighted by atomic mass is 10.3. The van der Waals surface area contributed by atoms with Crippen molar-refractivity contribution in [3.05, 3.63) is 35.2 Å². The van der Waals surface area contributed by atoms with E-state index in [0.717, 1.165) is 20.5 Å². The van der Waals surface area contributed by atoms with Gasteiger partial charge in [0, 0.05) is 0 Å². The molecular formula is C12H11NOS2. The van der Waals surface area contributed by atoms with E-state index in [2.05, 4.69) is 4.98 Å². The number of rotatable bonds is 3. The van der Waals surface area contributed by atoms with Gasteiger partial charge in [0.1, 0.15) is 0 Å². The van der Waals surface area contributed by atoms with Gasteiger partial charge in [0.25, 0.3) is 0 Å². The second kappa shape index (κ2) is 4.80. The molecule has 0 unspecified atom stereocenters. The van der Waals surface area contributed by atoms with Crippen LogP contribution in [0.25, 0.3) is 10.6 Å². The topological polar surface area (TPSA) is 30.0 Å². The van der Waals surface area contributed by atoms with Crippen LogP contribution < -0.4 is 0 Å². The first kappa shape index (κ1) is 11.4. The Labute approximate surface area is 103 Å². The first-order chi connectivity index (χ1) is 7.70. The Bertz CT molecular complexity index is 519. The van der Waals surface area contributed by atoms with Crippen molar-refractivity contribution in [3.63, 3.8) is 0 Å². The summed E-state index contributed by atoms with van der Waals surface area (Å²) in [5, 5.41) is 0.996. The maximum Gasteiger partial charge on any atom is 0.169 e. The van der Waals surface area contributed by atoms with Crippen LogP contribution in [0.4, 0.5) is 0 Å². The molecule has 4 heteroatoms. The fourth-order valence-electron chi connectivity index (χ4n) is 1.33. The zero-order valence-corrected chi connectivity index (χ0v) is 10.7. The molecule has 0 saturated heterocycles. The molecule has 2 aromatic rings. The van der Waals surface area contributed by atoms with Gasteiger partial charge in [-0.05, 0) is 37.4 Å². The second-order valence-electron chi connectivity index (χ2n) is 3.29. The molecule has 0 N–H and O–H groups in total. The van der Waals surface area contributed by atoms with Gasteiger partial charge in [0.2, 0.25) is 0 Å². The number of ketones is 1. The summed E-state index contributed by atoms with van der Waals surface area (Å²) in [5.41, 5.74) is 0.935. The van der Waals surface area contributed by atoms with Gasteiger partial charge < -0.3 is 0 Å². The van der Waals surface area contributed by atoms with Crippen LogP contribution in [0.15, 0.2) is 35.4 Å². The van der Waals surface area contributed by atoms with E-state index in [1.165, 1.54) is 11.3 Å². The van der Waals surface area contributed by atoms with E-state index in [0.29, 0.717) is 0 Å². The van der Waals surface area contributed by atoms with Crippen molar-refractivity contribution in [3.8, 4) is 10.6 Å². The largest absolute Gasteiger partial charge is 0.294 e. The summed E-state index contributed by atoms with van der Waals surface area (Å²) in [6, 6.07) is 9.74. The minimum atomic E-state index is 0.109. The molecule has 2 nitrogen and oxygen atoms in total. The normalized spacial score (nSPS) is 10.4. The number of aromatic nitrogens is 1. The fraction of sp³-hybridized carbons (Fsp3) is 0.167. The monoisotopic (exact) mass is 249 g/mol. The molecule has 0 saturated carbocycles. The van der Waals surface area contributed by atoms with E-state index < -0.39 is 0 Å². The van der Waals surface area contributed by atoms with Gasteiger partial charge in [-0.25, -0.2) is 4.98 Å². The maximum atomic E-state index is 11.2. The van der Waals surface area contributed by atoms with Crippen molar-refractivity contribution < 1.29 is 4.79 Å². The molecule has 2 heterocycles. The molecule has 0 aliphatic heterocycles. The summed E-state index contributed by atoms with van der Waals surface area (Å²) in [7, 11) is 0. The van der Waals surface area contributed by atoms with E-state index in [1.807, 2.05) is 36.6 Å². The number of Topliss-reactive ketones (excluding diaryl/α,β-unsaturated/α-hetero) is 1. The standard InChI is InChI=1S/C12H11NOS2/c1-8(14)10-6-7-11(16-10)9-4-3-5-12(13-9)15-2/h3-7H,1-2H3. The van der Waals surface area contributed by atoms with Crippen molar-refractivity contribution in [2.24, 2.45) is 0 Å². The fourth-order valence-corrected chi connectivity index (χ4v) is 2.61. The van der Waals surface area contributed by atoms with E-state index in [1.54, 1.807) is 18.7 Å². The van der Waals surface area contributed by atoms with Crippen molar-refractivity contribution in [1.29, 1.82) is 0 Å².